The Bertz CT molecular complexity index is 2820. The summed E-state index contributed by atoms with van der Waals surface area (Å²) in [6, 6.07) is 68.9. The molecule has 0 aliphatic carbocycles. The molecule has 0 amide bonds. The Morgan fingerprint density at radius 1 is 0.286 bits per heavy atom. The molecule has 8 aromatic carbocycles. The Morgan fingerprint density at radius 3 is 1.23 bits per heavy atom. The van der Waals surface area contributed by atoms with Crippen LogP contribution in [0.1, 0.15) is 0 Å². The van der Waals surface area contributed by atoms with Gasteiger partial charge in [0.25, 0.3) is 0 Å². The second kappa shape index (κ2) is 14.8. The van der Waals surface area contributed by atoms with Crippen molar-refractivity contribution >= 4 is 24.0 Å². The molecule has 0 fully saturated rings. The average Bonchev–Trinajstić information content (AvgIpc) is 3.26. The van der Waals surface area contributed by atoms with E-state index >= 15 is 0 Å². The highest BCUT2D eigenvalue weighted by atomic mass is 28.3. The van der Waals surface area contributed by atoms with Gasteiger partial charge in [0.05, 0.1) is 8.07 Å². The third kappa shape index (κ3) is 7.11. The zero-order valence-corrected chi connectivity index (χ0v) is 32.8. The molecule has 0 bridgehead atoms. The number of hydrogen-bond acceptors (Lipinski definition) is 3. The maximum absolute atomic E-state index is 5.06. The average molecular weight is 736 g/mol. The third-order valence-corrected chi connectivity index (χ3v) is 12.5. The first kappa shape index (κ1) is 35.0. The van der Waals surface area contributed by atoms with E-state index in [2.05, 4.69) is 177 Å². The van der Waals surface area contributed by atoms with Crippen molar-refractivity contribution in [2.45, 2.75) is 19.6 Å². The van der Waals surface area contributed by atoms with Crippen LogP contribution >= 0.6 is 0 Å². The predicted molar refractivity (Wildman–Crippen MR) is 238 cm³/mol. The van der Waals surface area contributed by atoms with E-state index in [1.54, 1.807) is 0 Å². The highest BCUT2D eigenvalue weighted by molar-refractivity contribution is 6.90. The van der Waals surface area contributed by atoms with Crippen molar-refractivity contribution in [2.24, 2.45) is 0 Å². The van der Waals surface area contributed by atoms with Crippen molar-refractivity contribution in [1.29, 1.82) is 0 Å². The molecule has 9 rings (SSSR count). The fourth-order valence-corrected chi connectivity index (χ4v) is 9.19. The first-order chi connectivity index (χ1) is 27.4. The largest absolute Gasteiger partial charge is 0.208 e. The van der Waals surface area contributed by atoms with Crippen LogP contribution in [-0.4, -0.2) is 23.0 Å². The van der Waals surface area contributed by atoms with Crippen LogP contribution in [0.3, 0.4) is 0 Å². The van der Waals surface area contributed by atoms with E-state index in [1.165, 1.54) is 43.8 Å². The normalized spacial score (nSPS) is 11.5. The van der Waals surface area contributed by atoms with E-state index in [0.29, 0.717) is 17.5 Å². The number of aromatic nitrogens is 3. The van der Waals surface area contributed by atoms with Crippen LogP contribution in [0.2, 0.25) is 19.6 Å². The summed E-state index contributed by atoms with van der Waals surface area (Å²) in [6.45, 7) is 7.27. The maximum Gasteiger partial charge on any atom is 0.164 e. The van der Waals surface area contributed by atoms with Crippen molar-refractivity contribution in [3.63, 3.8) is 0 Å². The van der Waals surface area contributed by atoms with Gasteiger partial charge in [0.1, 0.15) is 0 Å². The first-order valence-corrected chi connectivity index (χ1v) is 22.7. The summed E-state index contributed by atoms with van der Waals surface area (Å²) in [5, 5.41) is 4.19. The van der Waals surface area contributed by atoms with E-state index < -0.39 is 8.07 Å². The fraction of sp³-hybridized carbons (Fsp3) is 0.0577. The SMILES string of the molecule is C[Si](C)(C)c1ccc(-c2cccc(-c3cccc(-c4cccc(-c5nc(-c6ccccc6)nc(-c6ccc(-c7ccccc7)cc6)n5)c4)c3)c2)c2ccccc12. The monoisotopic (exact) mass is 735 g/mol. The summed E-state index contributed by atoms with van der Waals surface area (Å²) in [6.07, 6.45) is 0. The zero-order valence-electron chi connectivity index (χ0n) is 31.8. The molecule has 0 aliphatic rings. The van der Waals surface area contributed by atoms with Gasteiger partial charge < -0.3 is 0 Å². The van der Waals surface area contributed by atoms with Gasteiger partial charge in [-0.25, -0.2) is 15.0 Å². The number of fused-ring (bicyclic) bond motifs is 1. The molecule has 0 unspecified atom stereocenters. The molecule has 0 saturated carbocycles. The molecule has 0 saturated heterocycles. The fourth-order valence-electron chi connectivity index (χ4n) is 7.58. The number of hydrogen-bond donors (Lipinski definition) is 0. The molecular formula is C52H41N3Si. The van der Waals surface area contributed by atoms with Gasteiger partial charge in [-0.3, -0.25) is 0 Å². The summed E-state index contributed by atoms with van der Waals surface area (Å²) in [5.74, 6) is 1.93. The molecule has 268 valence electrons. The lowest BCUT2D eigenvalue weighted by Gasteiger charge is -2.21. The molecule has 0 atom stereocenters. The van der Waals surface area contributed by atoms with Crippen molar-refractivity contribution in [1.82, 2.24) is 15.0 Å². The van der Waals surface area contributed by atoms with Crippen LogP contribution in [0.15, 0.2) is 194 Å². The lowest BCUT2D eigenvalue weighted by Crippen LogP contribution is -2.38. The van der Waals surface area contributed by atoms with Crippen LogP contribution in [0.5, 0.6) is 0 Å². The van der Waals surface area contributed by atoms with Crippen LogP contribution in [0, 0.1) is 0 Å². The second-order valence-corrected chi connectivity index (χ2v) is 20.4. The summed E-state index contributed by atoms with van der Waals surface area (Å²) in [4.78, 5) is 15.1. The molecular weight excluding hydrogens is 695 g/mol. The van der Waals surface area contributed by atoms with Gasteiger partial charge in [0.2, 0.25) is 0 Å². The Morgan fingerprint density at radius 2 is 0.661 bits per heavy atom. The van der Waals surface area contributed by atoms with Crippen molar-refractivity contribution in [3.05, 3.63) is 194 Å². The third-order valence-electron chi connectivity index (χ3n) is 10.5. The van der Waals surface area contributed by atoms with E-state index in [4.69, 9.17) is 15.0 Å². The Labute approximate surface area is 330 Å². The summed E-state index contributed by atoms with van der Waals surface area (Å²) < 4.78 is 0. The molecule has 3 nitrogen and oxygen atoms in total. The molecule has 1 aromatic heterocycles. The minimum atomic E-state index is -1.51. The number of nitrogens with zero attached hydrogens (tertiary/aromatic N) is 3. The Hall–Kier alpha value is -6.75. The Balaban J connectivity index is 1.07. The van der Waals surface area contributed by atoms with Gasteiger partial charge >= 0.3 is 0 Å². The maximum atomic E-state index is 5.06. The second-order valence-electron chi connectivity index (χ2n) is 15.3. The standard InChI is InChI=1S/C52H41N3Si/c1-56(2,3)49-32-31-46(47-25-10-11-26-48(47)49)44-23-13-21-42(34-44)40-19-12-20-41(33-40)43-22-14-24-45(35-43)52-54-50(38-17-8-5-9-18-38)53-51(55-52)39-29-27-37(28-30-39)36-15-6-4-7-16-36/h4-35H,1-3H3. The Kier molecular flexibility index (Phi) is 9.26. The summed E-state index contributed by atoms with van der Waals surface area (Å²) in [5.41, 5.74) is 12.2. The highest BCUT2D eigenvalue weighted by Crippen LogP contribution is 2.35. The van der Waals surface area contributed by atoms with Crippen LogP contribution < -0.4 is 5.19 Å². The van der Waals surface area contributed by atoms with Crippen LogP contribution in [0.25, 0.3) is 89.4 Å². The van der Waals surface area contributed by atoms with Crippen molar-refractivity contribution in [3.8, 4) is 78.7 Å². The quantitative estimate of drug-likeness (QED) is 0.146. The smallest absolute Gasteiger partial charge is 0.164 e. The molecule has 4 heteroatoms. The summed E-state index contributed by atoms with van der Waals surface area (Å²) >= 11 is 0. The van der Waals surface area contributed by atoms with Crippen molar-refractivity contribution in [2.75, 3.05) is 0 Å². The van der Waals surface area contributed by atoms with E-state index in [0.717, 1.165) is 33.4 Å². The van der Waals surface area contributed by atoms with E-state index in [-0.39, 0.29) is 0 Å². The van der Waals surface area contributed by atoms with Gasteiger partial charge in [-0.1, -0.05) is 201 Å². The zero-order chi connectivity index (χ0) is 38.1. The first-order valence-electron chi connectivity index (χ1n) is 19.2. The molecule has 0 aliphatic heterocycles. The van der Waals surface area contributed by atoms with Gasteiger partial charge in [0, 0.05) is 16.7 Å². The molecule has 56 heavy (non-hydrogen) atoms. The van der Waals surface area contributed by atoms with Gasteiger partial charge in [0.15, 0.2) is 17.5 Å². The molecule has 0 spiro atoms. The van der Waals surface area contributed by atoms with Crippen LogP contribution in [0.4, 0.5) is 0 Å². The lowest BCUT2D eigenvalue weighted by atomic mass is 9.94. The number of benzene rings is 8. The minimum absolute atomic E-state index is 0.638. The van der Waals surface area contributed by atoms with Crippen molar-refractivity contribution < 1.29 is 0 Å². The van der Waals surface area contributed by atoms with E-state index in [9.17, 15) is 0 Å². The molecule has 0 N–H and O–H groups in total. The molecule has 9 aromatic rings. The summed E-state index contributed by atoms with van der Waals surface area (Å²) in [7, 11) is -1.51. The van der Waals surface area contributed by atoms with E-state index in [1.807, 2.05) is 36.4 Å². The van der Waals surface area contributed by atoms with Gasteiger partial charge in [-0.15, -0.1) is 0 Å². The molecule has 1 heterocycles. The lowest BCUT2D eigenvalue weighted by molar-refractivity contribution is 1.07. The van der Waals surface area contributed by atoms with Gasteiger partial charge in [-0.2, -0.15) is 0 Å². The number of rotatable bonds is 8. The van der Waals surface area contributed by atoms with Gasteiger partial charge in [-0.05, 0) is 73.5 Å². The molecule has 0 radical (unpaired) electrons. The highest BCUT2D eigenvalue weighted by Gasteiger charge is 2.20. The minimum Gasteiger partial charge on any atom is -0.208 e. The topological polar surface area (TPSA) is 38.7 Å². The van der Waals surface area contributed by atoms with Crippen LogP contribution in [-0.2, 0) is 0 Å². The predicted octanol–water partition coefficient (Wildman–Crippen LogP) is 13.2.